The maximum atomic E-state index is 12.9. The number of carbonyl (C=O) groups excluding carboxylic acids is 1. The van der Waals surface area contributed by atoms with Gasteiger partial charge in [-0.05, 0) is 118 Å². The normalized spacial score (nSPS) is 54.0. The van der Waals surface area contributed by atoms with Gasteiger partial charge in [0.2, 0.25) is 0 Å². The molecule has 33 heavy (non-hydrogen) atoms. The lowest BCUT2D eigenvalue weighted by atomic mass is 9.35. The summed E-state index contributed by atoms with van der Waals surface area (Å²) in [6.45, 7) is 18.5. The molecule has 3 nitrogen and oxygen atoms in total. The van der Waals surface area contributed by atoms with E-state index in [-0.39, 0.29) is 22.5 Å². The zero-order chi connectivity index (χ0) is 24.2. The van der Waals surface area contributed by atoms with Gasteiger partial charge in [-0.1, -0.05) is 34.6 Å². The molecule has 188 valence electrons. The lowest BCUT2D eigenvalue weighted by Crippen LogP contribution is -2.63. The first kappa shape index (κ1) is 24.3. The van der Waals surface area contributed by atoms with Crippen LogP contribution in [0.15, 0.2) is 0 Å². The van der Waals surface area contributed by atoms with E-state index in [2.05, 4.69) is 41.5 Å². The van der Waals surface area contributed by atoms with E-state index in [0.29, 0.717) is 34.4 Å². The number of ether oxygens (including phenoxy) is 1. The third kappa shape index (κ3) is 3.09. The molecule has 0 spiro atoms. The van der Waals surface area contributed by atoms with E-state index in [4.69, 9.17) is 4.74 Å². The smallest absolute Gasteiger partial charge is 0.138 e. The molecule has 0 amide bonds. The summed E-state index contributed by atoms with van der Waals surface area (Å²) in [4.78, 5) is 12.9. The topological polar surface area (TPSA) is 46.5 Å². The van der Waals surface area contributed by atoms with E-state index in [1.807, 2.05) is 13.8 Å². The maximum Gasteiger partial charge on any atom is 0.138 e. The first-order valence-corrected chi connectivity index (χ1v) is 14.0. The van der Waals surface area contributed by atoms with Gasteiger partial charge in [-0.25, -0.2) is 0 Å². The predicted octanol–water partition coefficient (Wildman–Crippen LogP) is 6.95. The predicted molar refractivity (Wildman–Crippen MR) is 133 cm³/mol. The molecule has 0 unspecified atom stereocenters. The second kappa shape index (κ2) is 7.09. The van der Waals surface area contributed by atoms with Gasteiger partial charge < -0.3 is 9.84 Å². The minimum atomic E-state index is -0.762. The minimum Gasteiger partial charge on any atom is -0.388 e. The molecule has 0 aromatic rings. The molecule has 0 bridgehead atoms. The van der Waals surface area contributed by atoms with Crippen LogP contribution in [0, 0.1) is 45.3 Å². The standard InChI is InChI=1S/C30H50O3/c1-25(2)21-12-17-29(7)22(27(21,5)15-13-23(25)31)10-9-19-20(11-16-28(19,29)6)30(8)18-14-24(33-30)26(3,4)32/h19-22,24,32H,9-18H2,1-8H3/t19-,20+,21-,22+,24-,27-,28+,29+,30-/m0/s1. The average molecular weight is 459 g/mol. The third-order valence-electron chi connectivity index (χ3n) is 13.0. The summed E-state index contributed by atoms with van der Waals surface area (Å²) in [5.41, 5.74) is -0.0493. The van der Waals surface area contributed by atoms with Gasteiger partial charge in [0.05, 0.1) is 17.3 Å². The molecule has 0 aromatic carbocycles. The Balaban J connectivity index is 1.45. The second-order valence-corrected chi connectivity index (χ2v) is 15.1. The van der Waals surface area contributed by atoms with E-state index in [1.54, 1.807) is 0 Å². The Morgan fingerprint density at radius 2 is 1.45 bits per heavy atom. The number of hydrogen-bond donors (Lipinski definition) is 1. The van der Waals surface area contributed by atoms with Crippen molar-refractivity contribution >= 4 is 5.78 Å². The molecule has 4 aliphatic carbocycles. The fraction of sp³-hybridized carbons (Fsp3) is 0.967. The van der Waals surface area contributed by atoms with Crippen molar-refractivity contribution in [3.63, 3.8) is 0 Å². The number of rotatable bonds is 2. The Hall–Kier alpha value is -0.410. The summed E-state index contributed by atoms with van der Waals surface area (Å²) >= 11 is 0. The van der Waals surface area contributed by atoms with Crippen molar-refractivity contribution in [1.82, 2.24) is 0 Å². The van der Waals surface area contributed by atoms with E-state index in [0.717, 1.165) is 31.6 Å². The van der Waals surface area contributed by atoms with Crippen LogP contribution in [0.3, 0.4) is 0 Å². The van der Waals surface area contributed by atoms with E-state index in [9.17, 15) is 9.90 Å². The number of hydrogen-bond acceptors (Lipinski definition) is 3. The Bertz CT molecular complexity index is 825. The van der Waals surface area contributed by atoms with Crippen molar-refractivity contribution in [2.24, 2.45) is 45.3 Å². The summed E-state index contributed by atoms with van der Waals surface area (Å²) in [7, 11) is 0. The van der Waals surface area contributed by atoms with Crippen molar-refractivity contribution in [3.05, 3.63) is 0 Å². The molecule has 3 heteroatoms. The van der Waals surface area contributed by atoms with Gasteiger partial charge in [-0.3, -0.25) is 4.79 Å². The van der Waals surface area contributed by atoms with Gasteiger partial charge in [-0.15, -0.1) is 0 Å². The van der Waals surface area contributed by atoms with Crippen molar-refractivity contribution in [1.29, 1.82) is 0 Å². The molecule has 1 N–H and O–H groups in total. The quantitative estimate of drug-likeness (QED) is 0.487. The van der Waals surface area contributed by atoms with Crippen molar-refractivity contribution in [2.75, 3.05) is 0 Å². The van der Waals surface area contributed by atoms with Crippen LogP contribution in [0.2, 0.25) is 0 Å². The van der Waals surface area contributed by atoms with Gasteiger partial charge in [0.1, 0.15) is 5.78 Å². The molecule has 5 aliphatic rings. The molecule has 5 rings (SSSR count). The molecule has 0 radical (unpaired) electrons. The van der Waals surface area contributed by atoms with E-state index >= 15 is 0 Å². The van der Waals surface area contributed by atoms with Crippen molar-refractivity contribution < 1.29 is 14.6 Å². The summed E-state index contributed by atoms with van der Waals surface area (Å²) in [6.07, 6.45) is 11.6. The molecule has 1 aliphatic heterocycles. The lowest BCUT2D eigenvalue weighted by molar-refractivity contribution is -0.210. The minimum absolute atomic E-state index is 0.0439. The van der Waals surface area contributed by atoms with Crippen LogP contribution in [0.1, 0.15) is 120 Å². The molecule has 1 saturated heterocycles. The number of fused-ring (bicyclic) bond motifs is 5. The van der Waals surface area contributed by atoms with Gasteiger partial charge in [0.15, 0.2) is 0 Å². The Kier molecular flexibility index (Phi) is 5.22. The lowest BCUT2D eigenvalue weighted by Gasteiger charge is -2.69. The third-order valence-corrected chi connectivity index (χ3v) is 13.0. The highest BCUT2D eigenvalue weighted by molar-refractivity contribution is 5.85. The largest absolute Gasteiger partial charge is 0.388 e. The first-order valence-electron chi connectivity index (χ1n) is 14.0. The number of Topliss-reactive ketones (excluding diaryl/α,β-unsaturated/α-hetero) is 1. The van der Waals surface area contributed by atoms with Crippen LogP contribution in [0.4, 0.5) is 0 Å². The molecule has 1 heterocycles. The Labute approximate surface area is 202 Å². The summed E-state index contributed by atoms with van der Waals surface area (Å²) < 4.78 is 6.72. The molecule has 4 saturated carbocycles. The van der Waals surface area contributed by atoms with Gasteiger partial charge in [0, 0.05) is 11.8 Å². The fourth-order valence-corrected chi connectivity index (χ4v) is 10.9. The van der Waals surface area contributed by atoms with E-state index in [1.165, 1.54) is 38.5 Å². The average Bonchev–Trinajstić information content (AvgIpc) is 3.27. The van der Waals surface area contributed by atoms with Crippen LogP contribution < -0.4 is 0 Å². The van der Waals surface area contributed by atoms with Crippen LogP contribution in [0.5, 0.6) is 0 Å². The molecule has 0 aromatic heterocycles. The SMILES string of the molecule is CC(C)(O)[C@@H]1CC[C@@](C)([C@@H]2CC[C@]3(C)[C@H]2CC[C@@H]2[C@@]4(C)CCC(=O)C(C)(C)[C@@H]4CC[C@]23C)O1. The highest BCUT2D eigenvalue weighted by atomic mass is 16.5. The van der Waals surface area contributed by atoms with E-state index < -0.39 is 5.60 Å². The van der Waals surface area contributed by atoms with Crippen LogP contribution >= 0.6 is 0 Å². The zero-order valence-electron chi connectivity index (χ0n) is 22.7. The summed E-state index contributed by atoms with van der Waals surface area (Å²) in [5.74, 6) is 3.06. The van der Waals surface area contributed by atoms with Crippen LogP contribution in [-0.4, -0.2) is 28.2 Å². The Morgan fingerprint density at radius 3 is 2.09 bits per heavy atom. The Morgan fingerprint density at radius 1 is 0.788 bits per heavy atom. The summed E-state index contributed by atoms with van der Waals surface area (Å²) in [6, 6.07) is 0. The van der Waals surface area contributed by atoms with Crippen molar-refractivity contribution in [3.8, 4) is 0 Å². The second-order valence-electron chi connectivity index (χ2n) is 15.1. The van der Waals surface area contributed by atoms with Crippen LogP contribution in [-0.2, 0) is 9.53 Å². The van der Waals surface area contributed by atoms with Crippen LogP contribution in [0.25, 0.3) is 0 Å². The number of aliphatic hydroxyl groups is 1. The number of ketones is 1. The molecule has 5 fully saturated rings. The van der Waals surface area contributed by atoms with Gasteiger partial charge >= 0.3 is 0 Å². The molecule has 9 atom stereocenters. The zero-order valence-corrected chi connectivity index (χ0v) is 22.7. The molecular weight excluding hydrogens is 408 g/mol. The maximum absolute atomic E-state index is 12.9. The highest BCUT2D eigenvalue weighted by Gasteiger charge is 2.70. The first-order chi connectivity index (χ1) is 15.1. The van der Waals surface area contributed by atoms with Gasteiger partial charge in [0.25, 0.3) is 0 Å². The van der Waals surface area contributed by atoms with Crippen molar-refractivity contribution in [2.45, 2.75) is 137 Å². The highest BCUT2D eigenvalue weighted by Crippen LogP contribution is 2.75. The number of carbonyl (C=O) groups is 1. The summed E-state index contributed by atoms with van der Waals surface area (Å²) in [5, 5.41) is 10.6. The van der Waals surface area contributed by atoms with Gasteiger partial charge in [-0.2, -0.15) is 0 Å². The molecular formula is C30H50O3. The monoisotopic (exact) mass is 458 g/mol. The fourth-order valence-electron chi connectivity index (χ4n) is 10.9.